The van der Waals surface area contributed by atoms with Crippen LogP contribution in [0.25, 0.3) is 0 Å². The SMILES string of the molecule is c1ccc(C2CCOC3(CCNC3)N2)cc1. The van der Waals surface area contributed by atoms with Crippen molar-refractivity contribution in [2.75, 3.05) is 19.7 Å². The molecular formula is C13H18N2O. The van der Waals surface area contributed by atoms with Crippen molar-refractivity contribution in [1.82, 2.24) is 10.6 Å². The van der Waals surface area contributed by atoms with Crippen molar-refractivity contribution in [2.45, 2.75) is 24.6 Å². The van der Waals surface area contributed by atoms with Gasteiger partial charge in [0.05, 0.1) is 6.61 Å². The van der Waals surface area contributed by atoms with Gasteiger partial charge in [0.15, 0.2) is 0 Å². The first-order valence-electron chi connectivity index (χ1n) is 6.05. The summed E-state index contributed by atoms with van der Waals surface area (Å²) >= 11 is 0. The first kappa shape index (κ1) is 10.3. The van der Waals surface area contributed by atoms with Crippen LogP contribution < -0.4 is 10.6 Å². The lowest BCUT2D eigenvalue weighted by atomic mass is 9.99. The second kappa shape index (κ2) is 4.17. The molecule has 3 heteroatoms. The van der Waals surface area contributed by atoms with Crippen molar-refractivity contribution >= 4 is 0 Å². The molecule has 2 atom stereocenters. The second-order valence-corrected chi connectivity index (χ2v) is 4.67. The van der Waals surface area contributed by atoms with Crippen LogP contribution in [-0.4, -0.2) is 25.4 Å². The van der Waals surface area contributed by atoms with Gasteiger partial charge in [-0.25, -0.2) is 0 Å². The third kappa shape index (κ3) is 1.86. The van der Waals surface area contributed by atoms with Gasteiger partial charge in [0.25, 0.3) is 0 Å². The van der Waals surface area contributed by atoms with Crippen molar-refractivity contribution in [3.8, 4) is 0 Å². The summed E-state index contributed by atoms with van der Waals surface area (Å²) in [5.74, 6) is 0. The van der Waals surface area contributed by atoms with E-state index in [1.807, 2.05) is 0 Å². The Hall–Kier alpha value is -0.900. The zero-order chi connectivity index (χ0) is 10.8. The Morgan fingerprint density at radius 3 is 2.88 bits per heavy atom. The predicted molar refractivity (Wildman–Crippen MR) is 63.1 cm³/mol. The lowest BCUT2D eigenvalue weighted by Crippen LogP contribution is -2.54. The van der Waals surface area contributed by atoms with Crippen LogP contribution in [0.5, 0.6) is 0 Å². The summed E-state index contributed by atoms with van der Waals surface area (Å²) in [6.45, 7) is 2.83. The maximum atomic E-state index is 5.90. The summed E-state index contributed by atoms with van der Waals surface area (Å²) in [6.07, 6.45) is 2.13. The highest BCUT2D eigenvalue weighted by Gasteiger charge is 2.39. The van der Waals surface area contributed by atoms with Crippen LogP contribution in [0.3, 0.4) is 0 Å². The molecule has 0 radical (unpaired) electrons. The van der Waals surface area contributed by atoms with E-state index in [1.165, 1.54) is 5.56 Å². The van der Waals surface area contributed by atoms with Crippen LogP contribution in [0.4, 0.5) is 0 Å². The van der Waals surface area contributed by atoms with E-state index in [1.54, 1.807) is 0 Å². The number of hydrogen-bond acceptors (Lipinski definition) is 3. The zero-order valence-electron chi connectivity index (χ0n) is 9.41. The van der Waals surface area contributed by atoms with Crippen LogP contribution in [0.2, 0.25) is 0 Å². The van der Waals surface area contributed by atoms with Gasteiger partial charge in [-0.2, -0.15) is 0 Å². The van der Waals surface area contributed by atoms with E-state index in [9.17, 15) is 0 Å². The molecule has 3 nitrogen and oxygen atoms in total. The number of ether oxygens (including phenoxy) is 1. The van der Waals surface area contributed by atoms with Gasteiger partial charge in [-0.3, -0.25) is 5.32 Å². The quantitative estimate of drug-likeness (QED) is 0.748. The predicted octanol–water partition coefficient (Wildman–Crippen LogP) is 1.43. The van der Waals surface area contributed by atoms with Gasteiger partial charge in [-0.05, 0) is 18.5 Å². The molecular weight excluding hydrogens is 200 g/mol. The summed E-state index contributed by atoms with van der Waals surface area (Å²) in [4.78, 5) is 0. The molecule has 1 aromatic rings. The molecule has 2 aliphatic heterocycles. The average molecular weight is 218 g/mol. The van der Waals surface area contributed by atoms with Crippen molar-refractivity contribution in [3.05, 3.63) is 35.9 Å². The number of rotatable bonds is 1. The van der Waals surface area contributed by atoms with Gasteiger partial charge >= 0.3 is 0 Å². The van der Waals surface area contributed by atoms with E-state index in [-0.39, 0.29) is 5.72 Å². The Labute approximate surface area is 96.2 Å². The highest BCUT2D eigenvalue weighted by Crippen LogP contribution is 2.29. The van der Waals surface area contributed by atoms with E-state index in [0.717, 1.165) is 32.5 Å². The average Bonchev–Trinajstić information content (AvgIpc) is 2.78. The standard InChI is InChI=1S/C13H18N2O/c1-2-4-11(5-3-1)12-6-9-16-13(15-12)7-8-14-10-13/h1-5,12,14-15H,6-10H2. The maximum absolute atomic E-state index is 5.90. The van der Waals surface area contributed by atoms with Crippen molar-refractivity contribution in [1.29, 1.82) is 0 Å². The van der Waals surface area contributed by atoms with Gasteiger partial charge in [-0.1, -0.05) is 30.3 Å². The Morgan fingerprint density at radius 1 is 1.25 bits per heavy atom. The molecule has 0 aliphatic carbocycles. The first-order valence-corrected chi connectivity index (χ1v) is 6.05. The monoisotopic (exact) mass is 218 g/mol. The van der Waals surface area contributed by atoms with Crippen molar-refractivity contribution < 1.29 is 4.74 Å². The molecule has 2 heterocycles. The maximum Gasteiger partial charge on any atom is 0.133 e. The molecule has 2 unspecified atom stereocenters. The zero-order valence-corrected chi connectivity index (χ0v) is 9.41. The van der Waals surface area contributed by atoms with Gasteiger partial charge < -0.3 is 10.1 Å². The molecule has 2 fully saturated rings. The minimum atomic E-state index is -0.112. The van der Waals surface area contributed by atoms with E-state index < -0.39 is 0 Å². The Kier molecular flexibility index (Phi) is 2.67. The minimum absolute atomic E-state index is 0.112. The van der Waals surface area contributed by atoms with E-state index in [0.29, 0.717) is 6.04 Å². The van der Waals surface area contributed by atoms with Gasteiger partial charge in [0.2, 0.25) is 0 Å². The fraction of sp³-hybridized carbons (Fsp3) is 0.538. The van der Waals surface area contributed by atoms with E-state index >= 15 is 0 Å². The van der Waals surface area contributed by atoms with Crippen LogP contribution >= 0.6 is 0 Å². The molecule has 16 heavy (non-hydrogen) atoms. The van der Waals surface area contributed by atoms with Crippen molar-refractivity contribution in [3.63, 3.8) is 0 Å². The molecule has 2 N–H and O–H groups in total. The number of benzene rings is 1. The normalized spacial score (nSPS) is 34.4. The molecule has 0 amide bonds. The first-order chi connectivity index (χ1) is 7.88. The Bertz CT molecular complexity index is 346. The molecule has 0 saturated carbocycles. The van der Waals surface area contributed by atoms with Gasteiger partial charge in [0, 0.05) is 19.0 Å². The van der Waals surface area contributed by atoms with Crippen LogP contribution in [0.15, 0.2) is 30.3 Å². The number of nitrogens with one attached hydrogen (secondary N) is 2. The lowest BCUT2D eigenvalue weighted by molar-refractivity contribution is -0.0968. The second-order valence-electron chi connectivity index (χ2n) is 4.67. The molecule has 0 bridgehead atoms. The fourth-order valence-corrected chi connectivity index (χ4v) is 2.65. The van der Waals surface area contributed by atoms with Crippen LogP contribution in [0, 0.1) is 0 Å². The lowest BCUT2D eigenvalue weighted by Gasteiger charge is -2.39. The van der Waals surface area contributed by atoms with E-state index in [2.05, 4.69) is 41.0 Å². The van der Waals surface area contributed by atoms with Gasteiger partial charge in [0.1, 0.15) is 5.72 Å². The molecule has 3 rings (SSSR count). The Morgan fingerprint density at radius 2 is 2.12 bits per heavy atom. The van der Waals surface area contributed by atoms with Crippen LogP contribution in [-0.2, 0) is 4.74 Å². The molecule has 2 aliphatic rings. The molecule has 86 valence electrons. The Balaban J connectivity index is 1.77. The summed E-state index contributed by atoms with van der Waals surface area (Å²) in [7, 11) is 0. The minimum Gasteiger partial charge on any atom is -0.359 e. The smallest absolute Gasteiger partial charge is 0.133 e. The van der Waals surface area contributed by atoms with Crippen molar-refractivity contribution in [2.24, 2.45) is 0 Å². The third-order valence-electron chi connectivity index (χ3n) is 3.54. The summed E-state index contributed by atoms with van der Waals surface area (Å²) in [6, 6.07) is 11.1. The molecule has 1 spiro atoms. The third-order valence-corrected chi connectivity index (χ3v) is 3.54. The van der Waals surface area contributed by atoms with Crippen LogP contribution in [0.1, 0.15) is 24.4 Å². The summed E-state index contributed by atoms with van der Waals surface area (Å²) < 4.78 is 5.90. The summed E-state index contributed by atoms with van der Waals surface area (Å²) in [5, 5.41) is 7.03. The highest BCUT2D eigenvalue weighted by atomic mass is 16.5. The largest absolute Gasteiger partial charge is 0.359 e. The van der Waals surface area contributed by atoms with E-state index in [4.69, 9.17) is 4.74 Å². The molecule has 0 aromatic heterocycles. The summed E-state index contributed by atoms with van der Waals surface area (Å²) in [5.41, 5.74) is 1.26. The highest BCUT2D eigenvalue weighted by molar-refractivity contribution is 5.20. The van der Waals surface area contributed by atoms with Gasteiger partial charge in [-0.15, -0.1) is 0 Å². The number of hydrogen-bond donors (Lipinski definition) is 2. The fourth-order valence-electron chi connectivity index (χ4n) is 2.65. The topological polar surface area (TPSA) is 33.3 Å². The molecule has 1 aromatic carbocycles. The molecule has 2 saturated heterocycles.